The molecule has 1 aromatic carbocycles. The van der Waals surface area contributed by atoms with E-state index in [9.17, 15) is 9.59 Å². The summed E-state index contributed by atoms with van der Waals surface area (Å²) in [4.78, 5) is 25.5. The van der Waals surface area contributed by atoms with Crippen LogP contribution in [0.3, 0.4) is 0 Å². The second kappa shape index (κ2) is 7.05. The summed E-state index contributed by atoms with van der Waals surface area (Å²) in [6.07, 6.45) is 2.12. The minimum atomic E-state index is -0.317. The minimum Gasteiger partial charge on any atom is -0.468 e. The number of hydrogen-bond donors (Lipinski definition) is 1. The molecule has 0 aromatic heterocycles. The normalized spacial score (nSPS) is 22.1. The van der Waals surface area contributed by atoms with E-state index in [1.165, 1.54) is 7.11 Å². The number of nitrogens with zero attached hydrogens (tertiary/aromatic N) is 1. The van der Waals surface area contributed by atoms with Gasteiger partial charge < -0.3 is 14.8 Å². The van der Waals surface area contributed by atoms with Gasteiger partial charge in [-0.25, -0.2) is 4.79 Å². The van der Waals surface area contributed by atoms with Crippen molar-refractivity contribution in [2.45, 2.75) is 25.6 Å². The van der Waals surface area contributed by atoms with E-state index >= 15 is 0 Å². The van der Waals surface area contributed by atoms with Gasteiger partial charge in [0.25, 0.3) is 0 Å². The fourth-order valence-electron chi connectivity index (χ4n) is 3.31. The molecule has 0 bridgehead atoms. The number of carbonyl (C=O) groups excluding carboxylic acids is 2. The number of esters is 1. The molecule has 2 atom stereocenters. The zero-order valence-electron chi connectivity index (χ0n) is 13.8. The highest BCUT2D eigenvalue weighted by Crippen LogP contribution is 2.27. The Morgan fingerprint density at radius 3 is 3.00 bits per heavy atom. The standard InChI is InChI=1S/C18H22N2O4/c1-3-13-5-4-6-14-9-20(10-15(13)14)18(22)24-11-12-7-16(19-8-12)17(21)23-2/h3-6,12,16,19H,1,7-11H2,2H3. The third-order valence-electron chi connectivity index (χ3n) is 4.65. The van der Waals surface area contributed by atoms with Gasteiger partial charge in [-0.1, -0.05) is 30.9 Å². The molecule has 1 saturated heterocycles. The molecule has 2 aliphatic rings. The molecule has 0 radical (unpaired) electrons. The lowest BCUT2D eigenvalue weighted by molar-refractivity contribution is -0.142. The van der Waals surface area contributed by atoms with Gasteiger partial charge in [-0.05, 0) is 23.1 Å². The van der Waals surface area contributed by atoms with Crippen molar-refractivity contribution in [1.82, 2.24) is 10.2 Å². The number of hydrogen-bond acceptors (Lipinski definition) is 5. The van der Waals surface area contributed by atoms with Crippen LogP contribution in [0.25, 0.3) is 6.08 Å². The van der Waals surface area contributed by atoms with Crippen LogP contribution in [-0.4, -0.2) is 43.3 Å². The molecule has 1 fully saturated rings. The Bertz CT molecular complexity index is 658. The predicted molar refractivity (Wildman–Crippen MR) is 89.0 cm³/mol. The average molecular weight is 330 g/mol. The van der Waals surface area contributed by atoms with Gasteiger partial charge in [-0.3, -0.25) is 9.69 Å². The van der Waals surface area contributed by atoms with Crippen LogP contribution >= 0.6 is 0 Å². The van der Waals surface area contributed by atoms with Crippen molar-refractivity contribution < 1.29 is 19.1 Å². The van der Waals surface area contributed by atoms with E-state index in [2.05, 4.69) is 11.9 Å². The van der Waals surface area contributed by atoms with Crippen molar-refractivity contribution in [3.05, 3.63) is 41.5 Å². The largest absolute Gasteiger partial charge is 0.468 e. The van der Waals surface area contributed by atoms with E-state index in [1.54, 1.807) is 4.90 Å². The molecular formula is C18H22N2O4. The number of fused-ring (bicyclic) bond motifs is 1. The summed E-state index contributed by atoms with van der Waals surface area (Å²) in [5.74, 6) is -0.137. The van der Waals surface area contributed by atoms with Crippen molar-refractivity contribution in [3.63, 3.8) is 0 Å². The highest BCUT2D eigenvalue weighted by molar-refractivity contribution is 5.76. The molecule has 2 heterocycles. The quantitative estimate of drug-likeness (QED) is 0.855. The first kappa shape index (κ1) is 16.5. The fourth-order valence-corrected chi connectivity index (χ4v) is 3.31. The summed E-state index contributed by atoms with van der Waals surface area (Å²) < 4.78 is 10.2. The molecule has 1 N–H and O–H groups in total. The summed E-state index contributed by atoms with van der Waals surface area (Å²) in [6.45, 7) is 5.87. The molecule has 6 heteroatoms. The van der Waals surface area contributed by atoms with Gasteiger partial charge in [0.2, 0.25) is 0 Å². The molecule has 6 nitrogen and oxygen atoms in total. The molecule has 24 heavy (non-hydrogen) atoms. The summed E-state index contributed by atoms with van der Waals surface area (Å²) in [5, 5.41) is 3.09. The Labute approximate surface area is 141 Å². The molecule has 128 valence electrons. The Kier molecular flexibility index (Phi) is 4.85. The lowest BCUT2D eigenvalue weighted by Gasteiger charge is -2.17. The van der Waals surface area contributed by atoms with Gasteiger partial charge in [-0.2, -0.15) is 0 Å². The summed E-state index contributed by atoms with van der Waals surface area (Å²) in [6, 6.07) is 5.70. The van der Waals surface area contributed by atoms with Gasteiger partial charge in [0.1, 0.15) is 6.04 Å². The number of nitrogens with one attached hydrogen (secondary N) is 1. The third-order valence-corrected chi connectivity index (χ3v) is 4.65. The minimum absolute atomic E-state index is 0.131. The van der Waals surface area contributed by atoms with Crippen molar-refractivity contribution in [1.29, 1.82) is 0 Å². The maximum atomic E-state index is 12.3. The highest BCUT2D eigenvalue weighted by Gasteiger charge is 2.32. The molecule has 3 rings (SSSR count). The Balaban J connectivity index is 1.51. The molecule has 2 aliphatic heterocycles. The monoisotopic (exact) mass is 330 g/mol. The molecule has 0 aliphatic carbocycles. The Hall–Kier alpha value is -2.34. The fraction of sp³-hybridized carbons (Fsp3) is 0.444. The number of amides is 1. The number of ether oxygens (including phenoxy) is 2. The topological polar surface area (TPSA) is 67.9 Å². The summed E-state index contributed by atoms with van der Waals surface area (Å²) in [5.41, 5.74) is 3.33. The SMILES string of the molecule is C=Cc1cccc2c1CN(C(=O)OCC1CNC(C(=O)OC)C1)C2. The summed E-state index contributed by atoms with van der Waals surface area (Å²) >= 11 is 0. The van der Waals surface area contributed by atoms with Crippen LogP contribution in [0.1, 0.15) is 23.1 Å². The van der Waals surface area contributed by atoms with Crippen LogP contribution < -0.4 is 5.32 Å². The van der Waals surface area contributed by atoms with Crippen LogP contribution in [0.15, 0.2) is 24.8 Å². The van der Waals surface area contributed by atoms with Crippen molar-refractivity contribution >= 4 is 18.1 Å². The Morgan fingerprint density at radius 2 is 2.25 bits per heavy atom. The van der Waals surface area contributed by atoms with Gasteiger partial charge in [-0.15, -0.1) is 0 Å². The van der Waals surface area contributed by atoms with Crippen LogP contribution in [0.4, 0.5) is 4.79 Å². The second-order valence-electron chi connectivity index (χ2n) is 6.21. The first-order valence-electron chi connectivity index (χ1n) is 8.08. The number of rotatable bonds is 4. The maximum absolute atomic E-state index is 12.3. The first-order chi connectivity index (χ1) is 11.6. The molecule has 2 unspecified atom stereocenters. The van der Waals surface area contributed by atoms with Gasteiger partial charge in [0.05, 0.1) is 20.3 Å². The zero-order valence-corrected chi connectivity index (χ0v) is 13.8. The van der Waals surface area contributed by atoms with E-state index in [-0.39, 0.29) is 24.0 Å². The van der Waals surface area contributed by atoms with E-state index in [0.717, 1.165) is 16.7 Å². The maximum Gasteiger partial charge on any atom is 0.410 e. The van der Waals surface area contributed by atoms with Gasteiger partial charge in [0.15, 0.2) is 0 Å². The van der Waals surface area contributed by atoms with Gasteiger partial charge in [0, 0.05) is 19.0 Å². The lowest BCUT2D eigenvalue weighted by atomic mass is 10.0. The first-order valence-corrected chi connectivity index (χ1v) is 8.08. The molecule has 1 amide bonds. The number of methoxy groups -OCH3 is 1. The van der Waals surface area contributed by atoms with Crippen molar-refractivity contribution in [2.75, 3.05) is 20.3 Å². The van der Waals surface area contributed by atoms with Crippen LogP contribution in [0.5, 0.6) is 0 Å². The number of carbonyl (C=O) groups is 2. The van der Waals surface area contributed by atoms with Crippen LogP contribution in [-0.2, 0) is 27.4 Å². The molecule has 0 spiro atoms. The van der Waals surface area contributed by atoms with Crippen molar-refractivity contribution in [2.24, 2.45) is 5.92 Å². The van der Waals surface area contributed by atoms with E-state index in [0.29, 0.717) is 32.7 Å². The van der Waals surface area contributed by atoms with Crippen molar-refractivity contribution in [3.8, 4) is 0 Å². The summed E-state index contributed by atoms with van der Waals surface area (Å²) in [7, 11) is 1.37. The van der Waals surface area contributed by atoms with E-state index in [4.69, 9.17) is 9.47 Å². The second-order valence-corrected chi connectivity index (χ2v) is 6.21. The zero-order chi connectivity index (χ0) is 17.1. The van der Waals surface area contributed by atoms with E-state index in [1.807, 2.05) is 24.3 Å². The smallest absolute Gasteiger partial charge is 0.410 e. The number of benzene rings is 1. The van der Waals surface area contributed by atoms with Crippen LogP contribution in [0, 0.1) is 5.92 Å². The average Bonchev–Trinajstić information content (AvgIpc) is 3.25. The van der Waals surface area contributed by atoms with Gasteiger partial charge >= 0.3 is 12.1 Å². The molecule has 0 saturated carbocycles. The third kappa shape index (κ3) is 3.28. The lowest BCUT2D eigenvalue weighted by Crippen LogP contribution is -2.31. The Morgan fingerprint density at radius 1 is 1.42 bits per heavy atom. The van der Waals surface area contributed by atoms with E-state index < -0.39 is 0 Å². The molecule has 1 aromatic rings. The van der Waals surface area contributed by atoms with Crippen LogP contribution in [0.2, 0.25) is 0 Å². The molecular weight excluding hydrogens is 308 g/mol. The highest BCUT2D eigenvalue weighted by atomic mass is 16.6. The predicted octanol–water partition coefficient (Wildman–Crippen LogP) is 1.93.